The quantitative estimate of drug-likeness (QED) is 0.0199. The van der Waals surface area contributed by atoms with Gasteiger partial charge in [0.15, 0.2) is 0 Å². The molecule has 0 aromatic heterocycles. The predicted octanol–water partition coefficient (Wildman–Crippen LogP) is -10.3. The normalized spacial score (nSPS) is 30.3. The van der Waals surface area contributed by atoms with Crippen LogP contribution in [0.3, 0.4) is 0 Å². The third-order valence-corrected chi connectivity index (χ3v) is 35.1. The minimum absolute atomic E-state index is 0.00185. The number of nitriles is 1. The standard InChI is InChI=1S/2C14H27BF2N4O6S.2C14H29BN4O6S.C12H24BN5O6S/c2*1-9(12(18)6-13(16,17)7-12)20-28(26,27)21-5-10(3-2-4-15(24)25)14(19,8-21)11(22)23;1-10(13(16)5-3-6-13)18-26(24,25)19-8-11(4-2-7-15(22)23)14(17,9-19)12(20)21;16-11-5-1-2-6-12(11)18-26(24,25)19-8-10(4-3-7-15(22)23)14(17,9-19)13(20)21;1-8(10(15)5-14)17-25(23,24)18-6-9(3-2-4-13(21)22)12(16,7-18)11(19)20/h2*9-10,20,24-25H,2-8,18-19H2,1H3,(H,22,23);10-11,18,22-23H,2-9,16-17H2,1H3,(H,20,21);10-12,18,22-23H,1-9,16-17H2,(H,20,21);8-10,17,21-22H,2-4,6-7,15-16H2,1H3,(H,19,20)/t9-,10+,14+;9-,10-,14-;10-,11+,14+;10-,11?,12?,14-;8-,9+,10?,12+/m10101/s1. The fourth-order valence-corrected chi connectivity index (χ4v) is 25.7. The summed E-state index contributed by atoms with van der Waals surface area (Å²) in [5.41, 5.74) is 47.0. The van der Waals surface area contributed by atoms with Gasteiger partial charge in [0.2, 0.25) is 0 Å². The van der Waals surface area contributed by atoms with Crippen molar-refractivity contribution in [1.82, 2.24) is 45.1 Å². The molecule has 9 aliphatic rings. The van der Waals surface area contributed by atoms with E-state index in [0.29, 0.717) is 19.3 Å². The van der Waals surface area contributed by atoms with Crippen molar-refractivity contribution in [2.75, 3.05) is 65.4 Å². The molecular formula is C68H136B5F4N21O30S5. The van der Waals surface area contributed by atoms with Gasteiger partial charge in [0.25, 0.3) is 62.9 Å². The van der Waals surface area contributed by atoms with E-state index in [2.05, 4.69) is 23.6 Å². The number of carboxylic acid groups (broad SMARTS) is 5. The lowest BCUT2D eigenvalue weighted by atomic mass is 9.70. The van der Waals surface area contributed by atoms with Gasteiger partial charge < -0.3 is 133 Å². The number of hydrogen-bond donors (Lipinski definition) is 30. The summed E-state index contributed by atoms with van der Waals surface area (Å²) in [4.78, 5) is 58.2. The Kier molecular flexibility index (Phi) is 41.9. The zero-order valence-electron chi connectivity index (χ0n) is 74.6. The molecule has 5 heterocycles. The van der Waals surface area contributed by atoms with Crippen molar-refractivity contribution in [3.63, 3.8) is 0 Å². The zero-order chi connectivity index (χ0) is 102. The van der Waals surface area contributed by atoms with E-state index < -0.39 is 278 Å². The van der Waals surface area contributed by atoms with Crippen molar-refractivity contribution < 1.29 is 159 Å². The second-order valence-corrected chi connectivity index (χ2v) is 46.0. The van der Waals surface area contributed by atoms with Crippen LogP contribution in [0.5, 0.6) is 0 Å². The Bertz CT molecular complexity index is 4360. The lowest BCUT2D eigenvalue weighted by molar-refractivity contribution is -0.145. The molecule has 9 rings (SSSR count). The topological polar surface area (TPSA) is 920 Å². The fourth-order valence-electron chi connectivity index (χ4n) is 17.8. The molecule has 133 heavy (non-hydrogen) atoms. The Morgan fingerprint density at radius 2 is 0.617 bits per heavy atom. The molecule has 3 unspecified atom stereocenters. The van der Waals surface area contributed by atoms with Gasteiger partial charge in [-0.2, -0.15) is 92.5 Å². The largest absolute Gasteiger partial charge is 0.480 e. The molecule has 51 nitrogen and oxygen atoms in total. The molecule has 9 fully saturated rings. The maximum atomic E-state index is 13.2. The van der Waals surface area contributed by atoms with E-state index in [-0.39, 0.29) is 141 Å². The van der Waals surface area contributed by atoms with E-state index in [1.807, 2.05) is 0 Å². The smallest absolute Gasteiger partial charge is 0.451 e. The zero-order valence-corrected chi connectivity index (χ0v) is 78.7. The molecule has 0 amide bonds. The van der Waals surface area contributed by atoms with Gasteiger partial charge in [-0.05, 0) is 124 Å². The van der Waals surface area contributed by atoms with Crippen LogP contribution >= 0.6 is 0 Å². The van der Waals surface area contributed by atoms with Crippen LogP contribution in [0.1, 0.15) is 163 Å². The summed E-state index contributed by atoms with van der Waals surface area (Å²) in [5.74, 6) is -15.9. The van der Waals surface area contributed by atoms with Crippen molar-refractivity contribution in [2.45, 2.75) is 293 Å². The number of nitrogens with two attached hydrogens (primary N) is 10. The van der Waals surface area contributed by atoms with Crippen LogP contribution in [-0.2, 0) is 75.0 Å². The third-order valence-electron chi connectivity index (χ3n) is 27.1. The third kappa shape index (κ3) is 31.5. The number of carboxylic acids is 5. The molecule has 0 aromatic carbocycles. The molecule has 17 atom stereocenters. The Morgan fingerprint density at radius 1 is 0.391 bits per heavy atom. The number of halogens is 4. The van der Waals surface area contributed by atoms with Crippen molar-refractivity contribution in [3.8, 4) is 6.07 Å². The minimum atomic E-state index is -4.22. The Labute approximate surface area is 773 Å². The molecule has 0 spiro atoms. The van der Waals surface area contributed by atoms with Crippen LogP contribution < -0.4 is 80.9 Å². The van der Waals surface area contributed by atoms with Gasteiger partial charge in [-0.25, -0.2) is 17.6 Å². The van der Waals surface area contributed by atoms with Gasteiger partial charge in [0, 0.05) is 174 Å². The first-order valence-corrected chi connectivity index (χ1v) is 50.7. The van der Waals surface area contributed by atoms with Crippen molar-refractivity contribution in [3.05, 3.63) is 0 Å². The molecular weight excluding hydrogens is 1880 g/mol. The highest BCUT2D eigenvalue weighted by molar-refractivity contribution is 7.88. The van der Waals surface area contributed by atoms with Crippen molar-refractivity contribution in [1.29, 1.82) is 5.26 Å². The van der Waals surface area contributed by atoms with E-state index >= 15 is 0 Å². The molecule has 40 N–H and O–H groups in total. The van der Waals surface area contributed by atoms with Gasteiger partial charge in [-0.1, -0.05) is 44.9 Å². The Hall–Kier alpha value is -4.57. The molecule has 766 valence electrons. The predicted molar refractivity (Wildman–Crippen MR) is 474 cm³/mol. The first-order chi connectivity index (χ1) is 60.6. The van der Waals surface area contributed by atoms with Gasteiger partial charge in [-0.3, -0.25) is 24.0 Å². The molecule has 4 aliphatic carbocycles. The van der Waals surface area contributed by atoms with Crippen LogP contribution in [-0.4, -0.2) is 369 Å². The van der Waals surface area contributed by atoms with Gasteiger partial charge in [0.1, 0.15) is 33.7 Å². The van der Waals surface area contributed by atoms with Crippen LogP contribution in [0.4, 0.5) is 17.6 Å². The SMILES string of the molecule is C[C@@H](NS(=O)(=O)N1C[C@H](CCCB(O)O)[C@](N)(C(=O)O)C1)C(N)C#N.C[C@@H](NS(=O)(=O)N1C[C@H](CCCB(O)O)[C@](N)(C(=O)O)C1)C1(N)CC(F)(F)C1.C[C@@H](NS(=O)(=O)N1C[C@H](CCCB(O)O)[C@](N)(C(=O)O)C1)C1(N)CCC1.C[C@H](NS(=O)(=O)N1C[C@H](CCCB(O)O)[C@](N)(C(=O)O)C1)C1(N)CC(F)(F)C1.NC1CCCCC1NS(=O)(=O)N1C[C@H](CCCB(O)O)[C@](N)(C(=O)O)C1. The first kappa shape index (κ1) is 119. The highest BCUT2D eigenvalue weighted by Gasteiger charge is 2.62. The molecule has 5 aliphatic heterocycles. The summed E-state index contributed by atoms with van der Waals surface area (Å²) in [6.07, 6.45) is 5.85. The highest BCUT2D eigenvalue weighted by Crippen LogP contribution is 2.48. The second-order valence-electron chi connectivity index (χ2n) is 37.5. The van der Waals surface area contributed by atoms with E-state index in [9.17, 15) is 109 Å². The number of nitrogens with one attached hydrogen (secondary N) is 5. The summed E-state index contributed by atoms with van der Waals surface area (Å²) in [6, 6.07) is -3.27. The van der Waals surface area contributed by atoms with Crippen LogP contribution in [0.25, 0.3) is 0 Å². The fraction of sp³-hybridized carbons (Fsp3) is 0.912. The van der Waals surface area contributed by atoms with Gasteiger partial charge in [0.05, 0.1) is 6.07 Å². The average Bonchev–Trinajstić information content (AvgIpc) is 0.933. The molecule has 0 aromatic rings. The number of nitrogens with zero attached hydrogens (tertiary/aromatic N) is 6. The summed E-state index contributed by atoms with van der Waals surface area (Å²) in [5, 5.41) is 145. The van der Waals surface area contributed by atoms with Gasteiger partial charge >= 0.3 is 65.4 Å². The molecule has 4 saturated carbocycles. The number of aliphatic carboxylic acids is 5. The number of rotatable bonds is 44. The lowest BCUT2D eigenvalue weighted by Gasteiger charge is -2.48. The summed E-state index contributed by atoms with van der Waals surface area (Å²) < 4.78 is 196. The van der Waals surface area contributed by atoms with Crippen molar-refractivity contribution in [2.24, 2.45) is 86.9 Å². The van der Waals surface area contributed by atoms with Gasteiger partial charge in [-0.15, -0.1) is 0 Å². The lowest BCUT2D eigenvalue weighted by Crippen LogP contribution is -2.68. The second kappa shape index (κ2) is 46.9. The van der Waals surface area contributed by atoms with E-state index in [4.69, 9.17) is 113 Å². The number of alkyl halides is 4. The first-order valence-electron chi connectivity index (χ1n) is 43.4. The Morgan fingerprint density at radius 3 is 0.820 bits per heavy atom. The van der Waals surface area contributed by atoms with Crippen LogP contribution in [0.2, 0.25) is 31.6 Å². The van der Waals surface area contributed by atoms with Crippen molar-refractivity contribution >= 4 is 116 Å². The molecule has 5 saturated heterocycles. The maximum absolute atomic E-state index is 13.2. The van der Waals surface area contributed by atoms with E-state index in [1.165, 1.54) is 20.8 Å². The van der Waals surface area contributed by atoms with E-state index in [0.717, 1.165) is 60.1 Å². The minimum Gasteiger partial charge on any atom is -0.480 e. The summed E-state index contributed by atoms with van der Waals surface area (Å²) in [6.45, 7) is 3.23. The number of hydrogen-bond acceptors (Lipinski definition) is 36. The summed E-state index contributed by atoms with van der Waals surface area (Å²) >= 11 is 0. The monoisotopic (exact) mass is 2020 g/mol. The molecule has 0 radical (unpaired) electrons. The van der Waals surface area contributed by atoms with E-state index in [1.54, 1.807) is 13.0 Å². The highest BCUT2D eigenvalue weighted by atomic mass is 32.2. The van der Waals surface area contributed by atoms with Crippen LogP contribution in [0, 0.1) is 40.9 Å². The average molecular weight is 2020 g/mol. The summed E-state index contributed by atoms with van der Waals surface area (Å²) in [7, 11) is -28.0. The van der Waals surface area contributed by atoms with Crippen LogP contribution in [0.15, 0.2) is 0 Å². The maximum Gasteiger partial charge on any atom is 0.451 e. The molecule has 65 heteroatoms. The molecule has 0 bridgehead atoms. The number of carbonyl (C=O) groups is 5. The Balaban J connectivity index is 0.000000294.